The lowest BCUT2D eigenvalue weighted by atomic mass is 10.0. The van der Waals surface area contributed by atoms with Crippen LogP contribution in [0.5, 0.6) is 0 Å². The Labute approximate surface area is 99.0 Å². The molecule has 1 rings (SSSR count). The van der Waals surface area contributed by atoms with E-state index in [0.29, 0.717) is 18.7 Å². The van der Waals surface area contributed by atoms with Crippen LogP contribution in [-0.2, 0) is 7.05 Å². The number of hydrogen-bond acceptors (Lipinski definition) is 4. The summed E-state index contributed by atoms with van der Waals surface area (Å²) < 4.78 is 1.16. The van der Waals surface area contributed by atoms with Gasteiger partial charge in [0.25, 0.3) is 5.56 Å². The van der Waals surface area contributed by atoms with E-state index < -0.39 is 5.60 Å². The summed E-state index contributed by atoms with van der Waals surface area (Å²) in [6, 6.07) is 0. The van der Waals surface area contributed by atoms with Crippen molar-refractivity contribution in [1.29, 1.82) is 0 Å². The molecule has 0 fully saturated rings. The average molecular weight is 246 g/mol. The van der Waals surface area contributed by atoms with Gasteiger partial charge in [0, 0.05) is 13.6 Å². The van der Waals surface area contributed by atoms with E-state index in [4.69, 9.17) is 11.6 Å². The predicted molar refractivity (Wildman–Crippen MR) is 63.9 cm³/mol. The first-order valence-corrected chi connectivity index (χ1v) is 5.43. The van der Waals surface area contributed by atoms with Gasteiger partial charge in [-0.25, -0.2) is 4.68 Å². The van der Waals surface area contributed by atoms with Gasteiger partial charge in [-0.15, -0.1) is 0 Å². The first-order valence-electron chi connectivity index (χ1n) is 5.05. The highest BCUT2D eigenvalue weighted by Gasteiger charge is 2.18. The highest BCUT2D eigenvalue weighted by atomic mass is 35.5. The summed E-state index contributed by atoms with van der Waals surface area (Å²) in [7, 11) is 1.53. The van der Waals surface area contributed by atoms with Gasteiger partial charge in [-0.05, 0) is 13.3 Å². The second-order valence-electron chi connectivity index (χ2n) is 4.01. The summed E-state index contributed by atoms with van der Waals surface area (Å²) in [4.78, 5) is 11.4. The van der Waals surface area contributed by atoms with Crippen LogP contribution < -0.4 is 10.9 Å². The SMILES string of the molecule is CCC(C)(O)CNc1cnn(C)c(=O)c1Cl. The molecule has 0 aromatic carbocycles. The smallest absolute Gasteiger partial charge is 0.287 e. The Morgan fingerprint density at radius 3 is 2.88 bits per heavy atom. The molecule has 0 saturated carbocycles. The first-order chi connectivity index (χ1) is 7.37. The lowest BCUT2D eigenvalue weighted by Crippen LogP contribution is -2.33. The molecule has 2 N–H and O–H groups in total. The van der Waals surface area contributed by atoms with Crippen LogP contribution in [0.3, 0.4) is 0 Å². The Morgan fingerprint density at radius 2 is 2.31 bits per heavy atom. The van der Waals surface area contributed by atoms with Gasteiger partial charge >= 0.3 is 0 Å². The molecule has 0 saturated heterocycles. The number of aryl methyl sites for hydroxylation is 1. The van der Waals surface area contributed by atoms with E-state index in [1.165, 1.54) is 13.2 Å². The fraction of sp³-hybridized carbons (Fsp3) is 0.600. The van der Waals surface area contributed by atoms with E-state index in [-0.39, 0.29) is 10.6 Å². The van der Waals surface area contributed by atoms with E-state index in [1.54, 1.807) is 6.92 Å². The largest absolute Gasteiger partial charge is 0.388 e. The van der Waals surface area contributed by atoms with Crippen LogP contribution >= 0.6 is 11.6 Å². The number of nitrogens with one attached hydrogen (secondary N) is 1. The molecular formula is C10H16ClN3O2. The van der Waals surface area contributed by atoms with Gasteiger partial charge in [0.05, 0.1) is 17.5 Å². The van der Waals surface area contributed by atoms with Crippen LogP contribution in [0.4, 0.5) is 5.69 Å². The van der Waals surface area contributed by atoms with Gasteiger partial charge in [0.2, 0.25) is 0 Å². The lowest BCUT2D eigenvalue weighted by molar-refractivity contribution is 0.0697. The van der Waals surface area contributed by atoms with E-state index >= 15 is 0 Å². The Morgan fingerprint density at radius 1 is 1.69 bits per heavy atom. The van der Waals surface area contributed by atoms with E-state index in [9.17, 15) is 9.90 Å². The van der Waals surface area contributed by atoms with Crippen LogP contribution in [0.1, 0.15) is 20.3 Å². The Bertz CT molecular complexity index is 429. The first kappa shape index (κ1) is 13.0. The molecule has 0 bridgehead atoms. The molecule has 1 heterocycles. The van der Waals surface area contributed by atoms with Crippen LogP contribution in [-0.4, -0.2) is 27.0 Å². The van der Waals surface area contributed by atoms with E-state index in [1.807, 2.05) is 6.92 Å². The van der Waals surface area contributed by atoms with Crippen molar-refractivity contribution in [1.82, 2.24) is 9.78 Å². The van der Waals surface area contributed by atoms with Crippen LogP contribution in [0.15, 0.2) is 11.0 Å². The third-order valence-electron chi connectivity index (χ3n) is 2.50. The Kier molecular flexibility index (Phi) is 3.93. The standard InChI is InChI=1S/C10H16ClN3O2/c1-4-10(2,16)6-12-7-5-13-14(3)9(15)8(7)11/h5,12,16H,4,6H2,1-3H3. The molecule has 0 spiro atoms. The molecule has 0 aliphatic carbocycles. The van der Waals surface area contributed by atoms with Crippen molar-refractivity contribution in [2.75, 3.05) is 11.9 Å². The normalized spacial score (nSPS) is 14.6. The molecule has 0 aliphatic rings. The van der Waals surface area contributed by atoms with Crippen molar-refractivity contribution in [2.24, 2.45) is 7.05 Å². The highest BCUT2D eigenvalue weighted by molar-refractivity contribution is 6.32. The summed E-state index contributed by atoms with van der Waals surface area (Å²) in [6.45, 7) is 3.91. The van der Waals surface area contributed by atoms with Crippen molar-refractivity contribution < 1.29 is 5.11 Å². The summed E-state index contributed by atoms with van der Waals surface area (Å²) in [5, 5.41) is 16.6. The minimum Gasteiger partial charge on any atom is -0.388 e. The molecular weight excluding hydrogens is 230 g/mol. The molecule has 0 amide bonds. The van der Waals surface area contributed by atoms with E-state index in [2.05, 4.69) is 10.4 Å². The molecule has 1 unspecified atom stereocenters. The van der Waals surface area contributed by atoms with Crippen LogP contribution in [0, 0.1) is 0 Å². The van der Waals surface area contributed by atoms with Gasteiger partial charge in [-0.1, -0.05) is 18.5 Å². The summed E-state index contributed by atoms with van der Waals surface area (Å²) >= 11 is 5.85. The summed E-state index contributed by atoms with van der Waals surface area (Å²) in [5.74, 6) is 0. The van der Waals surface area contributed by atoms with Crippen molar-refractivity contribution in [3.8, 4) is 0 Å². The van der Waals surface area contributed by atoms with Crippen molar-refractivity contribution in [3.05, 3.63) is 21.6 Å². The van der Waals surface area contributed by atoms with Gasteiger partial charge in [0.15, 0.2) is 0 Å². The van der Waals surface area contributed by atoms with Crippen LogP contribution in [0.25, 0.3) is 0 Å². The third-order valence-corrected chi connectivity index (χ3v) is 2.86. The predicted octanol–water partition coefficient (Wildman–Crippen LogP) is 1.01. The van der Waals surface area contributed by atoms with E-state index in [0.717, 1.165) is 4.68 Å². The minimum atomic E-state index is -0.829. The molecule has 0 radical (unpaired) electrons. The molecule has 1 aromatic rings. The number of nitrogens with zero attached hydrogens (tertiary/aromatic N) is 2. The summed E-state index contributed by atoms with van der Waals surface area (Å²) in [6.07, 6.45) is 2.07. The number of halogens is 1. The van der Waals surface area contributed by atoms with Gasteiger partial charge in [-0.3, -0.25) is 4.79 Å². The lowest BCUT2D eigenvalue weighted by Gasteiger charge is -2.22. The average Bonchev–Trinajstić information content (AvgIpc) is 2.25. The molecule has 90 valence electrons. The quantitative estimate of drug-likeness (QED) is 0.831. The third kappa shape index (κ3) is 2.96. The molecule has 5 nitrogen and oxygen atoms in total. The second-order valence-corrected chi connectivity index (χ2v) is 4.38. The number of aromatic nitrogens is 2. The van der Waals surface area contributed by atoms with Gasteiger partial charge in [-0.2, -0.15) is 5.10 Å². The maximum atomic E-state index is 11.4. The number of rotatable bonds is 4. The fourth-order valence-electron chi connectivity index (χ4n) is 1.04. The monoisotopic (exact) mass is 245 g/mol. The van der Waals surface area contributed by atoms with Crippen LogP contribution in [0.2, 0.25) is 5.02 Å². The molecule has 1 atom stereocenters. The zero-order valence-corrected chi connectivity index (χ0v) is 10.4. The Balaban J connectivity index is 2.84. The molecule has 16 heavy (non-hydrogen) atoms. The number of aliphatic hydroxyl groups is 1. The fourth-order valence-corrected chi connectivity index (χ4v) is 1.28. The zero-order chi connectivity index (χ0) is 12.3. The maximum absolute atomic E-state index is 11.4. The zero-order valence-electron chi connectivity index (χ0n) is 9.62. The van der Waals surface area contributed by atoms with Crippen molar-refractivity contribution in [3.63, 3.8) is 0 Å². The highest BCUT2D eigenvalue weighted by Crippen LogP contribution is 2.17. The Hall–Kier alpha value is -1.07. The topological polar surface area (TPSA) is 67.2 Å². The number of anilines is 1. The van der Waals surface area contributed by atoms with Crippen molar-refractivity contribution in [2.45, 2.75) is 25.9 Å². The summed E-state index contributed by atoms with van der Waals surface area (Å²) in [5.41, 5.74) is -0.744. The molecule has 0 aliphatic heterocycles. The molecule has 6 heteroatoms. The second kappa shape index (κ2) is 4.84. The van der Waals surface area contributed by atoms with Gasteiger partial charge in [0.1, 0.15) is 5.02 Å². The molecule has 1 aromatic heterocycles. The minimum absolute atomic E-state index is 0.0874. The van der Waals surface area contributed by atoms with Gasteiger partial charge < -0.3 is 10.4 Å². The maximum Gasteiger partial charge on any atom is 0.287 e. The van der Waals surface area contributed by atoms with Crippen molar-refractivity contribution >= 4 is 17.3 Å². The number of hydrogen-bond donors (Lipinski definition) is 2.